The minimum atomic E-state index is -0.203. The number of hydrogen-bond donors (Lipinski definition) is 1. The first-order chi connectivity index (χ1) is 16.1. The van der Waals surface area contributed by atoms with Gasteiger partial charge in [-0.25, -0.2) is 4.79 Å². The van der Waals surface area contributed by atoms with E-state index in [4.69, 9.17) is 14.4 Å². The lowest BCUT2D eigenvalue weighted by atomic mass is 10.1. The molecule has 3 amide bonds. The molecular weight excluding hydrogens is 420 g/mol. The summed E-state index contributed by atoms with van der Waals surface area (Å²) >= 11 is 0. The van der Waals surface area contributed by atoms with Crippen LogP contribution in [0.2, 0.25) is 0 Å². The number of nitrogens with one attached hydrogen (secondary N) is 1. The van der Waals surface area contributed by atoms with Crippen LogP contribution in [0.3, 0.4) is 0 Å². The lowest BCUT2D eigenvalue weighted by molar-refractivity contribution is 0.0640. The highest BCUT2D eigenvalue weighted by molar-refractivity contribution is 5.92. The van der Waals surface area contributed by atoms with Crippen LogP contribution in [0.25, 0.3) is 0 Å². The Morgan fingerprint density at radius 2 is 1.73 bits per heavy atom. The molecule has 3 aromatic rings. The number of anilines is 1. The Labute approximate surface area is 192 Å². The van der Waals surface area contributed by atoms with E-state index in [0.717, 1.165) is 11.1 Å². The van der Waals surface area contributed by atoms with Crippen molar-refractivity contribution in [3.63, 3.8) is 0 Å². The lowest BCUT2D eigenvalue weighted by Gasteiger charge is -2.34. The predicted octanol–water partition coefficient (Wildman–Crippen LogP) is 3.91. The highest BCUT2D eigenvalue weighted by atomic mass is 16.5. The van der Waals surface area contributed by atoms with Crippen molar-refractivity contribution in [2.45, 2.75) is 13.0 Å². The number of amides is 3. The van der Waals surface area contributed by atoms with E-state index in [0.29, 0.717) is 56.4 Å². The highest BCUT2D eigenvalue weighted by Crippen LogP contribution is 2.17. The van der Waals surface area contributed by atoms with E-state index >= 15 is 0 Å². The molecule has 0 spiro atoms. The number of ether oxygens (including phenoxy) is 1. The third kappa shape index (κ3) is 5.71. The molecule has 0 unspecified atom stereocenters. The average molecular weight is 444 g/mol. The molecule has 8 nitrogen and oxygen atoms in total. The maximum atomic E-state index is 12.7. The van der Waals surface area contributed by atoms with E-state index < -0.39 is 0 Å². The number of piperazine rings is 1. The number of furan rings is 1. The van der Waals surface area contributed by atoms with Crippen LogP contribution in [0.5, 0.6) is 5.75 Å². The molecule has 2 heterocycles. The van der Waals surface area contributed by atoms with Crippen LogP contribution in [-0.2, 0) is 13.0 Å². The van der Waals surface area contributed by atoms with Gasteiger partial charge in [0.2, 0.25) is 0 Å². The van der Waals surface area contributed by atoms with Crippen LogP contribution < -0.4 is 10.1 Å². The summed E-state index contributed by atoms with van der Waals surface area (Å²) in [7, 11) is 0. The Morgan fingerprint density at radius 1 is 0.970 bits per heavy atom. The van der Waals surface area contributed by atoms with Gasteiger partial charge < -0.3 is 24.3 Å². The van der Waals surface area contributed by atoms with Gasteiger partial charge in [-0.3, -0.25) is 4.79 Å². The van der Waals surface area contributed by atoms with Crippen LogP contribution in [0.1, 0.15) is 21.7 Å². The first kappa shape index (κ1) is 22.0. The standard InChI is InChI=1S/C25H24N4O4/c26-11-10-19-6-8-22(9-7-19)33-18-20-3-1-4-21(17-20)27-25(31)29-14-12-28(13-15-29)24(30)23-5-2-16-32-23/h1-9,16-17H,10,12-15,18H2,(H,27,31). The molecule has 2 aromatic carbocycles. The van der Waals surface area contributed by atoms with Crippen molar-refractivity contribution in [3.05, 3.63) is 83.8 Å². The van der Waals surface area contributed by atoms with Gasteiger partial charge in [0.25, 0.3) is 5.91 Å². The van der Waals surface area contributed by atoms with Gasteiger partial charge in [-0.2, -0.15) is 5.26 Å². The van der Waals surface area contributed by atoms with Gasteiger partial charge >= 0.3 is 6.03 Å². The molecule has 0 aliphatic carbocycles. The third-order valence-corrected chi connectivity index (χ3v) is 5.38. The van der Waals surface area contributed by atoms with Crippen molar-refractivity contribution >= 4 is 17.6 Å². The largest absolute Gasteiger partial charge is 0.489 e. The molecule has 1 N–H and O–H groups in total. The normalized spacial score (nSPS) is 13.3. The van der Waals surface area contributed by atoms with Crippen molar-refractivity contribution in [2.24, 2.45) is 0 Å². The van der Waals surface area contributed by atoms with E-state index in [1.165, 1.54) is 6.26 Å². The summed E-state index contributed by atoms with van der Waals surface area (Å²) in [4.78, 5) is 28.4. The van der Waals surface area contributed by atoms with Crippen LogP contribution in [0, 0.1) is 11.3 Å². The number of urea groups is 1. The first-order valence-electron chi connectivity index (χ1n) is 10.7. The molecule has 1 saturated heterocycles. The van der Waals surface area contributed by atoms with Crippen LogP contribution >= 0.6 is 0 Å². The molecular formula is C25H24N4O4. The molecule has 0 radical (unpaired) electrons. The summed E-state index contributed by atoms with van der Waals surface area (Å²) < 4.78 is 11.0. The smallest absolute Gasteiger partial charge is 0.321 e. The minimum absolute atomic E-state index is 0.160. The van der Waals surface area contributed by atoms with Gasteiger partial charge in [0.1, 0.15) is 12.4 Å². The zero-order valence-corrected chi connectivity index (χ0v) is 18.1. The number of nitriles is 1. The highest BCUT2D eigenvalue weighted by Gasteiger charge is 2.26. The second-order valence-electron chi connectivity index (χ2n) is 7.65. The number of rotatable bonds is 6. The predicted molar refractivity (Wildman–Crippen MR) is 122 cm³/mol. The SMILES string of the molecule is N#CCc1ccc(OCc2cccc(NC(=O)N3CCN(C(=O)c4ccco4)CC3)c2)cc1. The van der Waals surface area contributed by atoms with Gasteiger partial charge in [-0.05, 0) is 47.5 Å². The molecule has 0 bridgehead atoms. The molecule has 8 heteroatoms. The van der Waals surface area contributed by atoms with Crippen molar-refractivity contribution < 1.29 is 18.7 Å². The maximum Gasteiger partial charge on any atom is 0.321 e. The Balaban J connectivity index is 1.27. The first-order valence-corrected chi connectivity index (χ1v) is 10.7. The van der Waals surface area contributed by atoms with Gasteiger partial charge in [0, 0.05) is 31.9 Å². The molecule has 1 aliphatic rings. The third-order valence-electron chi connectivity index (χ3n) is 5.38. The summed E-state index contributed by atoms with van der Waals surface area (Å²) in [6, 6.07) is 20.2. The van der Waals surface area contributed by atoms with Crippen molar-refractivity contribution in [1.29, 1.82) is 5.26 Å². The van der Waals surface area contributed by atoms with Crippen LogP contribution in [0.4, 0.5) is 10.5 Å². The second-order valence-corrected chi connectivity index (χ2v) is 7.65. The lowest BCUT2D eigenvalue weighted by Crippen LogP contribution is -2.51. The van der Waals surface area contributed by atoms with Crippen LogP contribution in [0.15, 0.2) is 71.3 Å². The monoisotopic (exact) mass is 444 g/mol. The quantitative estimate of drug-likeness (QED) is 0.621. The molecule has 4 rings (SSSR count). The molecule has 0 saturated carbocycles. The summed E-state index contributed by atoms with van der Waals surface area (Å²) in [6.07, 6.45) is 1.85. The Morgan fingerprint density at radius 3 is 2.42 bits per heavy atom. The van der Waals surface area contributed by atoms with Gasteiger partial charge in [-0.1, -0.05) is 24.3 Å². The van der Waals surface area contributed by atoms with Gasteiger partial charge in [0.05, 0.1) is 18.8 Å². The van der Waals surface area contributed by atoms with E-state index in [1.54, 1.807) is 21.9 Å². The zero-order chi connectivity index (χ0) is 23.0. The molecule has 1 aliphatic heterocycles. The number of carbonyl (C=O) groups is 2. The average Bonchev–Trinajstić information content (AvgIpc) is 3.39. The van der Waals surface area contributed by atoms with E-state index in [9.17, 15) is 9.59 Å². The zero-order valence-electron chi connectivity index (χ0n) is 18.1. The van der Waals surface area contributed by atoms with E-state index in [1.807, 2.05) is 48.5 Å². The van der Waals surface area contributed by atoms with Gasteiger partial charge in [-0.15, -0.1) is 0 Å². The van der Waals surface area contributed by atoms with Crippen molar-refractivity contribution in [2.75, 3.05) is 31.5 Å². The summed E-state index contributed by atoms with van der Waals surface area (Å²) in [5, 5.41) is 11.7. The molecule has 0 atom stereocenters. The summed E-state index contributed by atoms with van der Waals surface area (Å²) in [6.45, 7) is 2.16. The van der Waals surface area contributed by atoms with Crippen LogP contribution in [-0.4, -0.2) is 47.9 Å². The Bertz CT molecular complexity index is 1130. The molecule has 1 fully saturated rings. The number of benzene rings is 2. The summed E-state index contributed by atoms with van der Waals surface area (Å²) in [5.74, 6) is 0.866. The maximum absolute atomic E-state index is 12.7. The Hall–Kier alpha value is -4.25. The van der Waals surface area contributed by atoms with Crippen molar-refractivity contribution in [1.82, 2.24) is 9.80 Å². The molecule has 168 valence electrons. The fourth-order valence-electron chi connectivity index (χ4n) is 3.57. The summed E-state index contributed by atoms with van der Waals surface area (Å²) in [5.41, 5.74) is 2.54. The van der Waals surface area contributed by atoms with E-state index in [2.05, 4.69) is 11.4 Å². The number of carbonyl (C=O) groups excluding carboxylic acids is 2. The van der Waals surface area contributed by atoms with Gasteiger partial charge in [0.15, 0.2) is 5.76 Å². The molecule has 1 aromatic heterocycles. The minimum Gasteiger partial charge on any atom is -0.489 e. The fourth-order valence-corrected chi connectivity index (χ4v) is 3.57. The topological polar surface area (TPSA) is 98.8 Å². The van der Waals surface area contributed by atoms with E-state index in [-0.39, 0.29) is 11.9 Å². The number of hydrogen-bond acceptors (Lipinski definition) is 5. The van der Waals surface area contributed by atoms with Crippen molar-refractivity contribution in [3.8, 4) is 11.8 Å². The second kappa shape index (κ2) is 10.4. The molecule has 33 heavy (non-hydrogen) atoms. The fraction of sp³-hybridized carbons (Fsp3) is 0.240. The Kier molecular flexibility index (Phi) is 6.90. The number of nitrogens with zero attached hydrogens (tertiary/aromatic N) is 3.